The minimum Gasteiger partial charge on any atom is -0.363 e. The molecule has 0 radical (unpaired) electrons. The molecule has 1 aliphatic carbocycles. The van der Waals surface area contributed by atoms with Crippen LogP contribution in [0.4, 0.5) is 11.8 Å². The fraction of sp³-hybridized carbons (Fsp3) is 0.450. The summed E-state index contributed by atoms with van der Waals surface area (Å²) >= 11 is 0. The molecule has 2 aromatic rings. The summed E-state index contributed by atoms with van der Waals surface area (Å²) in [5.74, 6) is 1.61. The molecule has 0 bridgehead atoms. The highest BCUT2D eigenvalue weighted by molar-refractivity contribution is 5.94. The molecule has 1 aliphatic rings. The standard InChI is InChI=1S/C20H27N5O/c1-14-13-18(25(2)3)24-20(21-14)23-17-11-9-16(10-12-17)22-19(26)15-7-5-4-6-8-15/h4-8,13,16-17H,9-12H2,1-3H3,(H,22,26)(H,21,23,24)/t16-,17+. The van der Waals surface area contributed by atoms with Crippen LogP contribution in [-0.4, -0.2) is 42.1 Å². The van der Waals surface area contributed by atoms with Crippen molar-refractivity contribution in [3.05, 3.63) is 47.7 Å². The van der Waals surface area contributed by atoms with Crippen LogP contribution in [0.25, 0.3) is 0 Å². The van der Waals surface area contributed by atoms with E-state index in [2.05, 4.69) is 20.6 Å². The Morgan fingerprint density at radius 2 is 1.69 bits per heavy atom. The van der Waals surface area contributed by atoms with Gasteiger partial charge in [-0.15, -0.1) is 0 Å². The first-order valence-corrected chi connectivity index (χ1v) is 9.16. The molecule has 0 aliphatic heterocycles. The van der Waals surface area contributed by atoms with Crippen LogP contribution in [0.1, 0.15) is 41.7 Å². The Kier molecular flexibility index (Phi) is 5.71. The van der Waals surface area contributed by atoms with Crippen molar-refractivity contribution in [1.29, 1.82) is 0 Å². The van der Waals surface area contributed by atoms with E-state index in [0.717, 1.165) is 42.8 Å². The maximum atomic E-state index is 12.3. The molecular weight excluding hydrogens is 326 g/mol. The maximum Gasteiger partial charge on any atom is 0.251 e. The highest BCUT2D eigenvalue weighted by atomic mass is 16.1. The second-order valence-electron chi connectivity index (χ2n) is 7.12. The summed E-state index contributed by atoms with van der Waals surface area (Å²) in [5.41, 5.74) is 1.67. The Bertz CT molecular complexity index is 739. The molecule has 1 heterocycles. The molecule has 0 unspecified atom stereocenters. The van der Waals surface area contributed by atoms with Gasteiger partial charge in [-0.1, -0.05) is 18.2 Å². The van der Waals surface area contributed by atoms with Crippen LogP contribution in [0.3, 0.4) is 0 Å². The summed E-state index contributed by atoms with van der Waals surface area (Å²) in [6, 6.07) is 11.9. The van der Waals surface area contributed by atoms with Crippen LogP contribution in [0.15, 0.2) is 36.4 Å². The van der Waals surface area contributed by atoms with Crippen LogP contribution < -0.4 is 15.5 Å². The van der Waals surface area contributed by atoms with E-state index in [9.17, 15) is 4.79 Å². The van der Waals surface area contributed by atoms with Gasteiger partial charge in [0.25, 0.3) is 5.91 Å². The minimum absolute atomic E-state index is 0.0136. The highest BCUT2D eigenvalue weighted by Gasteiger charge is 2.23. The first kappa shape index (κ1) is 18.2. The summed E-state index contributed by atoms with van der Waals surface area (Å²) in [5, 5.41) is 6.61. The molecule has 6 nitrogen and oxygen atoms in total. The van der Waals surface area contributed by atoms with Crippen molar-refractivity contribution in [3.8, 4) is 0 Å². The zero-order valence-electron chi connectivity index (χ0n) is 15.7. The summed E-state index contributed by atoms with van der Waals surface area (Å²) in [7, 11) is 3.96. The average molecular weight is 353 g/mol. The first-order valence-electron chi connectivity index (χ1n) is 9.16. The van der Waals surface area contributed by atoms with Gasteiger partial charge in [0.15, 0.2) is 0 Å². The van der Waals surface area contributed by atoms with Gasteiger partial charge in [-0.3, -0.25) is 4.79 Å². The van der Waals surface area contributed by atoms with Gasteiger partial charge in [0.1, 0.15) is 5.82 Å². The Morgan fingerprint density at radius 1 is 1.04 bits per heavy atom. The second kappa shape index (κ2) is 8.17. The van der Waals surface area contributed by atoms with Crippen LogP contribution in [0.2, 0.25) is 0 Å². The third-order valence-electron chi connectivity index (χ3n) is 4.73. The summed E-state index contributed by atoms with van der Waals surface area (Å²) < 4.78 is 0. The van der Waals surface area contributed by atoms with Gasteiger partial charge in [0, 0.05) is 43.5 Å². The van der Waals surface area contributed by atoms with Gasteiger partial charge < -0.3 is 15.5 Å². The highest BCUT2D eigenvalue weighted by Crippen LogP contribution is 2.22. The molecule has 0 spiro atoms. The third kappa shape index (κ3) is 4.71. The molecule has 6 heteroatoms. The van der Waals surface area contributed by atoms with Crippen LogP contribution in [0.5, 0.6) is 0 Å². The van der Waals surface area contributed by atoms with E-state index in [4.69, 9.17) is 0 Å². The van der Waals surface area contributed by atoms with E-state index in [1.807, 2.05) is 62.3 Å². The molecule has 26 heavy (non-hydrogen) atoms. The summed E-state index contributed by atoms with van der Waals surface area (Å²) in [6.45, 7) is 1.98. The van der Waals surface area contributed by atoms with Crippen molar-refractivity contribution in [1.82, 2.24) is 15.3 Å². The lowest BCUT2D eigenvalue weighted by Crippen LogP contribution is -2.40. The van der Waals surface area contributed by atoms with E-state index in [-0.39, 0.29) is 11.9 Å². The van der Waals surface area contributed by atoms with Crippen LogP contribution in [0, 0.1) is 6.92 Å². The fourth-order valence-corrected chi connectivity index (χ4v) is 3.27. The van der Waals surface area contributed by atoms with Gasteiger partial charge in [-0.2, -0.15) is 4.98 Å². The number of aromatic nitrogens is 2. The topological polar surface area (TPSA) is 70.2 Å². The number of benzene rings is 1. The number of hydrogen-bond donors (Lipinski definition) is 2. The molecule has 0 atom stereocenters. The zero-order valence-corrected chi connectivity index (χ0v) is 15.7. The van der Waals surface area contributed by atoms with Gasteiger partial charge in [-0.25, -0.2) is 4.98 Å². The lowest BCUT2D eigenvalue weighted by atomic mass is 9.91. The third-order valence-corrected chi connectivity index (χ3v) is 4.73. The van der Waals surface area contributed by atoms with Crippen molar-refractivity contribution < 1.29 is 4.79 Å². The Morgan fingerprint density at radius 3 is 2.35 bits per heavy atom. The number of rotatable bonds is 5. The SMILES string of the molecule is Cc1cc(N(C)C)nc(N[C@H]2CC[C@@H](NC(=O)c3ccccc3)CC2)n1. The molecule has 138 valence electrons. The summed E-state index contributed by atoms with van der Waals surface area (Å²) in [4.78, 5) is 23.3. The van der Waals surface area contributed by atoms with Crippen LogP contribution >= 0.6 is 0 Å². The van der Waals surface area contributed by atoms with E-state index in [1.54, 1.807) is 0 Å². The number of aryl methyl sites for hydroxylation is 1. The largest absolute Gasteiger partial charge is 0.363 e. The fourth-order valence-electron chi connectivity index (χ4n) is 3.27. The van der Waals surface area contributed by atoms with Gasteiger partial charge in [-0.05, 0) is 44.7 Å². The van der Waals surface area contributed by atoms with Crippen molar-refractivity contribution >= 4 is 17.7 Å². The number of carbonyl (C=O) groups is 1. The Balaban J connectivity index is 1.52. The maximum absolute atomic E-state index is 12.3. The minimum atomic E-state index is 0.0136. The van der Waals surface area contributed by atoms with Crippen molar-refractivity contribution in [2.24, 2.45) is 0 Å². The van der Waals surface area contributed by atoms with E-state index in [1.165, 1.54) is 0 Å². The normalized spacial score (nSPS) is 19.7. The van der Waals surface area contributed by atoms with Gasteiger partial charge >= 0.3 is 0 Å². The molecule has 1 fully saturated rings. The van der Waals surface area contributed by atoms with Crippen molar-refractivity contribution in [2.45, 2.75) is 44.7 Å². The Labute approximate surface area is 155 Å². The summed E-state index contributed by atoms with van der Waals surface area (Å²) in [6.07, 6.45) is 3.91. The number of nitrogens with one attached hydrogen (secondary N) is 2. The van der Waals surface area contributed by atoms with Gasteiger partial charge in [0.05, 0.1) is 0 Å². The smallest absolute Gasteiger partial charge is 0.251 e. The molecule has 0 saturated heterocycles. The van der Waals surface area contributed by atoms with Crippen molar-refractivity contribution in [2.75, 3.05) is 24.3 Å². The Hall–Kier alpha value is -2.63. The van der Waals surface area contributed by atoms with Crippen LogP contribution in [-0.2, 0) is 0 Å². The zero-order chi connectivity index (χ0) is 18.5. The van der Waals surface area contributed by atoms with E-state index < -0.39 is 0 Å². The number of amides is 1. The predicted octanol–water partition coefficient (Wildman–Crippen LogP) is 3.00. The first-order chi connectivity index (χ1) is 12.5. The number of hydrogen-bond acceptors (Lipinski definition) is 5. The second-order valence-corrected chi connectivity index (χ2v) is 7.12. The lowest BCUT2D eigenvalue weighted by molar-refractivity contribution is 0.0926. The number of nitrogens with zero attached hydrogens (tertiary/aromatic N) is 3. The van der Waals surface area contributed by atoms with E-state index in [0.29, 0.717) is 12.0 Å². The number of carbonyl (C=O) groups excluding carboxylic acids is 1. The quantitative estimate of drug-likeness (QED) is 0.865. The lowest BCUT2D eigenvalue weighted by Gasteiger charge is -2.30. The average Bonchev–Trinajstić information content (AvgIpc) is 2.63. The monoisotopic (exact) mass is 353 g/mol. The molecule has 1 aromatic carbocycles. The molecule has 1 saturated carbocycles. The molecule has 3 rings (SSSR count). The van der Waals surface area contributed by atoms with E-state index >= 15 is 0 Å². The van der Waals surface area contributed by atoms with Gasteiger partial charge in [0.2, 0.25) is 5.95 Å². The predicted molar refractivity (Wildman–Crippen MR) is 105 cm³/mol. The molecule has 2 N–H and O–H groups in total. The molecular formula is C20H27N5O. The number of anilines is 2. The molecule has 1 aromatic heterocycles. The van der Waals surface area contributed by atoms with Crippen molar-refractivity contribution in [3.63, 3.8) is 0 Å². The molecule has 1 amide bonds.